The zero-order chi connectivity index (χ0) is 10.6. The van der Waals surface area contributed by atoms with Gasteiger partial charge in [0.2, 0.25) is 0 Å². The second kappa shape index (κ2) is 4.75. The number of hydrogen-bond acceptors (Lipinski definition) is 5. The van der Waals surface area contributed by atoms with Crippen molar-refractivity contribution in [2.24, 2.45) is 0 Å². The average molecular weight is 218 g/mol. The maximum atomic E-state index is 11.2. The van der Waals surface area contributed by atoms with E-state index in [-0.39, 0.29) is 18.1 Å². The number of hydrogen-bond donors (Lipinski definition) is 2. The van der Waals surface area contributed by atoms with Gasteiger partial charge in [-0.3, -0.25) is 5.10 Å². The first-order valence-corrected chi connectivity index (χ1v) is 5.33. The number of aromatic nitrogens is 2. The summed E-state index contributed by atoms with van der Waals surface area (Å²) in [7, 11) is -2.57. The van der Waals surface area contributed by atoms with Crippen LogP contribution in [0.15, 0.2) is 6.20 Å². The summed E-state index contributed by atoms with van der Waals surface area (Å²) in [4.78, 5) is 11.2. The molecule has 0 fully saturated rings. The lowest BCUT2D eigenvalue weighted by molar-refractivity contribution is 0.0518. The van der Waals surface area contributed by atoms with Crippen molar-refractivity contribution in [2.45, 2.75) is 12.7 Å². The Labute approximate surface area is 82.2 Å². The molecule has 1 aromatic heterocycles. The summed E-state index contributed by atoms with van der Waals surface area (Å²) in [6.45, 7) is 1.90. The van der Waals surface area contributed by atoms with Gasteiger partial charge in [0.15, 0.2) is 5.69 Å². The molecular weight excluding hydrogens is 208 g/mol. The minimum Gasteiger partial charge on any atom is -0.461 e. The van der Waals surface area contributed by atoms with Crippen molar-refractivity contribution in [1.82, 2.24) is 10.2 Å². The highest BCUT2D eigenvalue weighted by Crippen LogP contribution is 2.07. The van der Waals surface area contributed by atoms with Crippen molar-refractivity contribution in [3.05, 3.63) is 17.5 Å². The van der Waals surface area contributed by atoms with Gasteiger partial charge in [-0.05, 0) is 6.92 Å². The maximum absolute atomic E-state index is 11.2. The molecule has 0 aliphatic heterocycles. The SMILES string of the molecule is CCOC(=O)c1n[nH]cc1C[SH](=O)=O. The van der Waals surface area contributed by atoms with Gasteiger partial charge in [-0.1, -0.05) is 0 Å². The average Bonchev–Trinajstić information content (AvgIpc) is 2.51. The van der Waals surface area contributed by atoms with E-state index in [0.29, 0.717) is 5.56 Å². The number of H-pyrrole nitrogens is 1. The molecule has 78 valence electrons. The monoisotopic (exact) mass is 218 g/mol. The second-order valence-electron chi connectivity index (χ2n) is 2.47. The van der Waals surface area contributed by atoms with Crippen LogP contribution in [0.4, 0.5) is 0 Å². The van der Waals surface area contributed by atoms with Crippen LogP contribution in [0.25, 0.3) is 0 Å². The Morgan fingerprint density at radius 1 is 1.64 bits per heavy atom. The zero-order valence-electron chi connectivity index (χ0n) is 7.52. The fourth-order valence-electron chi connectivity index (χ4n) is 0.951. The lowest BCUT2D eigenvalue weighted by atomic mass is 10.3. The first-order valence-electron chi connectivity index (χ1n) is 3.96. The molecule has 0 saturated heterocycles. The second-order valence-corrected chi connectivity index (χ2v) is 3.45. The van der Waals surface area contributed by atoms with E-state index in [4.69, 9.17) is 4.74 Å². The summed E-state index contributed by atoms with van der Waals surface area (Å²) in [6.07, 6.45) is 1.37. The quantitative estimate of drug-likeness (QED) is 0.535. The Kier molecular flexibility index (Phi) is 3.63. The predicted molar refractivity (Wildman–Crippen MR) is 48.6 cm³/mol. The summed E-state index contributed by atoms with van der Waals surface area (Å²) in [5.41, 5.74) is 0.366. The van der Waals surface area contributed by atoms with Gasteiger partial charge in [0.1, 0.15) is 10.7 Å². The number of nitrogens with one attached hydrogen (secondary N) is 1. The predicted octanol–water partition coefficient (Wildman–Crippen LogP) is -0.302. The van der Waals surface area contributed by atoms with Crippen molar-refractivity contribution in [2.75, 3.05) is 6.61 Å². The van der Waals surface area contributed by atoms with Gasteiger partial charge < -0.3 is 4.74 Å². The van der Waals surface area contributed by atoms with Gasteiger partial charge in [-0.2, -0.15) is 5.10 Å². The van der Waals surface area contributed by atoms with E-state index in [1.807, 2.05) is 0 Å². The summed E-state index contributed by atoms with van der Waals surface area (Å²) in [6, 6.07) is 0. The molecule has 1 N–H and O–H groups in total. The Hall–Kier alpha value is -1.37. The Morgan fingerprint density at radius 2 is 2.36 bits per heavy atom. The topological polar surface area (TPSA) is 89.1 Å². The van der Waals surface area contributed by atoms with Crippen LogP contribution < -0.4 is 0 Å². The van der Waals surface area contributed by atoms with E-state index in [0.717, 1.165) is 0 Å². The third kappa shape index (κ3) is 2.56. The first-order chi connectivity index (χ1) is 6.65. The largest absolute Gasteiger partial charge is 0.461 e. The normalized spacial score (nSPS) is 10.4. The number of esters is 1. The Bertz CT molecular complexity index is 388. The Balaban J connectivity index is 2.86. The fraction of sp³-hybridized carbons (Fsp3) is 0.429. The molecule has 6 nitrogen and oxygen atoms in total. The lowest BCUT2D eigenvalue weighted by Crippen LogP contribution is -2.08. The number of thiol groups is 1. The molecule has 1 heterocycles. The molecule has 14 heavy (non-hydrogen) atoms. The molecule has 0 radical (unpaired) electrons. The summed E-state index contributed by atoms with van der Waals surface area (Å²) >= 11 is 0. The van der Waals surface area contributed by atoms with E-state index in [1.54, 1.807) is 6.92 Å². The van der Waals surface area contributed by atoms with Crippen molar-refractivity contribution in [1.29, 1.82) is 0 Å². The van der Waals surface area contributed by atoms with Crippen LogP contribution in [0.3, 0.4) is 0 Å². The van der Waals surface area contributed by atoms with E-state index in [1.165, 1.54) is 6.20 Å². The van der Waals surface area contributed by atoms with Crippen molar-refractivity contribution in [3.63, 3.8) is 0 Å². The van der Waals surface area contributed by atoms with Gasteiger partial charge in [0.05, 0.1) is 12.4 Å². The first kappa shape index (κ1) is 10.7. The molecule has 1 aromatic rings. The van der Waals surface area contributed by atoms with Gasteiger partial charge in [0.25, 0.3) is 0 Å². The highest BCUT2D eigenvalue weighted by molar-refractivity contribution is 7.71. The van der Waals surface area contributed by atoms with Crippen LogP contribution in [-0.2, 0) is 21.2 Å². The van der Waals surface area contributed by atoms with Gasteiger partial charge in [-0.15, -0.1) is 0 Å². The van der Waals surface area contributed by atoms with Crippen LogP contribution >= 0.6 is 0 Å². The molecular formula is C7H10N2O4S. The molecule has 7 heteroatoms. The molecule has 0 aliphatic carbocycles. The molecule has 0 atom stereocenters. The number of ether oxygens (including phenoxy) is 1. The molecule has 0 amide bonds. The third-order valence-corrected chi connectivity index (χ3v) is 2.09. The third-order valence-electron chi connectivity index (χ3n) is 1.49. The molecule has 0 aliphatic rings. The maximum Gasteiger partial charge on any atom is 0.359 e. The number of nitrogens with zero attached hydrogens (tertiary/aromatic N) is 1. The van der Waals surface area contributed by atoms with Crippen LogP contribution in [0.5, 0.6) is 0 Å². The van der Waals surface area contributed by atoms with E-state index in [9.17, 15) is 13.2 Å². The fourth-order valence-corrected chi connectivity index (χ4v) is 1.47. The van der Waals surface area contributed by atoms with E-state index in [2.05, 4.69) is 10.2 Å². The summed E-state index contributed by atoms with van der Waals surface area (Å²) in [5, 5.41) is 6.05. The highest BCUT2D eigenvalue weighted by atomic mass is 32.2. The number of aromatic amines is 1. The number of rotatable bonds is 4. The lowest BCUT2D eigenvalue weighted by Gasteiger charge is -1.98. The summed E-state index contributed by atoms with van der Waals surface area (Å²) in [5.74, 6) is -0.819. The molecule has 0 unspecified atom stereocenters. The van der Waals surface area contributed by atoms with Crippen LogP contribution in [0.2, 0.25) is 0 Å². The van der Waals surface area contributed by atoms with E-state index >= 15 is 0 Å². The van der Waals surface area contributed by atoms with Crippen molar-refractivity contribution >= 4 is 16.7 Å². The molecule has 0 aromatic carbocycles. The standard InChI is InChI=1S/C7H10N2O4S/c1-2-13-7(10)6-5(3-8-9-6)4-14(11)12/h3,14H,2,4H2,1H3,(H,8,9). The minimum atomic E-state index is -2.57. The molecule has 0 bridgehead atoms. The van der Waals surface area contributed by atoms with Gasteiger partial charge >= 0.3 is 5.97 Å². The number of carbonyl (C=O) groups excluding carboxylic acids is 1. The van der Waals surface area contributed by atoms with Crippen LogP contribution in [-0.4, -0.2) is 31.2 Å². The van der Waals surface area contributed by atoms with Gasteiger partial charge in [-0.25, -0.2) is 13.2 Å². The van der Waals surface area contributed by atoms with Crippen molar-refractivity contribution < 1.29 is 17.9 Å². The van der Waals surface area contributed by atoms with Gasteiger partial charge in [0, 0.05) is 11.8 Å². The summed E-state index contributed by atoms with van der Waals surface area (Å²) < 4.78 is 25.6. The zero-order valence-corrected chi connectivity index (χ0v) is 8.41. The molecule has 1 rings (SSSR count). The molecule has 0 saturated carbocycles. The van der Waals surface area contributed by atoms with Crippen LogP contribution in [0, 0.1) is 0 Å². The smallest absolute Gasteiger partial charge is 0.359 e. The van der Waals surface area contributed by atoms with Crippen LogP contribution in [0.1, 0.15) is 23.0 Å². The van der Waals surface area contributed by atoms with Crippen molar-refractivity contribution in [3.8, 4) is 0 Å². The molecule has 0 spiro atoms. The highest BCUT2D eigenvalue weighted by Gasteiger charge is 2.15. The van der Waals surface area contributed by atoms with E-state index < -0.39 is 16.7 Å². The minimum absolute atomic E-state index is 0.0334. The Morgan fingerprint density at radius 3 is 2.93 bits per heavy atom. The number of carbonyl (C=O) groups is 1.